The maximum Gasteiger partial charge on any atom is 0.0884 e. The van der Waals surface area contributed by atoms with Gasteiger partial charge in [0.2, 0.25) is 0 Å². The van der Waals surface area contributed by atoms with Crippen molar-refractivity contribution in [3.05, 3.63) is 40.5 Å². The van der Waals surface area contributed by atoms with Gasteiger partial charge in [0.25, 0.3) is 0 Å². The summed E-state index contributed by atoms with van der Waals surface area (Å²) in [5.74, 6) is 0. The number of halogens is 1. The molecule has 0 amide bonds. The van der Waals surface area contributed by atoms with Gasteiger partial charge in [-0.05, 0) is 29.2 Å². The third-order valence-corrected chi connectivity index (χ3v) is 3.28. The second-order valence-electron chi connectivity index (χ2n) is 5.51. The second-order valence-corrected chi connectivity index (χ2v) is 5.92. The van der Waals surface area contributed by atoms with Gasteiger partial charge in [0.1, 0.15) is 0 Å². The lowest BCUT2D eigenvalue weighted by atomic mass is 9.86. The SMILES string of the molecule is COCc1cc(Cl)c2cc(C(C)(C)C)ccc2n1. The maximum absolute atomic E-state index is 6.32. The molecule has 0 radical (unpaired) electrons. The number of pyridine rings is 1. The van der Waals surface area contributed by atoms with Gasteiger partial charge in [-0.2, -0.15) is 0 Å². The molecular formula is C15H18ClNO. The molecule has 0 fully saturated rings. The summed E-state index contributed by atoms with van der Waals surface area (Å²) in [7, 11) is 1.66. The van der Waals surface area contributed by atoms with Gasteiger partial charge in [-0.3, -0.25) is 4.98 Å². The molecule has 18 heavy (non-hydrogen) atoms. The van der Waals surface area contributed by atoms with Gasteiger partial charge in [0, 0.05) is 12.5 Å². The zero-order chi connectivity index (χ0) is 13.3. The number of fused-ring (bicyclic) bond motifs is 1. The first-order valence-corrected chi connectivity index (χ1v) is 6.38. The van der Waals surface area contributed by atoms with Crippen molar-refractivity contribution in [2.75, 3.05) is 7.11 Å². The number of hydrogen-bond acceptors (Lipinski definition) is 2. The Bertz CT molecular complexity index is 572. The molecule has 1 aromatic heterocycles. The van der Waals surface area contributed by atoms with Crippen molar-refractivity contribution in [2.45, 2.75) is 32.8 Å². The molecule has 0 spiro atoms. The van der Waals surface area contributed by atoms with Crippen molar-refractivity contribution in [3.8, 4) is 0 Å². The Labute approximate surface area is 113 Å². The highest BCUT2D eigenvalue weighted by molar-refractivity contribution is 6.35. The Morgan fingerprint density at radius 1 is 1.22 bits per heavy atom. The summed E-state index contributed by atoms with van der Waals surface area (Å²) >= 11 is 6.32. The normalized spacial score (nSPS) is 12.1. The van der Waals surface area contributed by atoms with Crippen molar-refractivity contribution < 1.29 is 4.74 Å². The summed E-state index contributed by atoms with van der Waals surface area (Å²) in [6.45, 7) is 7.05. The molecule has 0 bridgehead atoms. The van der Waals surface area contributed by atoms with Crippen LogP contribution in [0.5, 0.6) is 0 Å². The van der Waals surface area contributed by atoms with Crippen molar-refractivity contribution in [1.29, 1.82) is 0 Å². The van der Waals surface area contributed by atoms with Crippen molar-refractivity contribution in [3.63, 3.8) is 0 Å². The Morgan fingerprint density at radius 3 is 2.56 bits per heavy atom. The molecule has 1 heterocycles. The van der Waals surface area contributed by atoms with Crippen molar-refractivity contribution in [1.82, 2.24) is 4.98 Å². The lowest BCUT2D eigenvalue weighted by molar-refractivity contribution is 0.182. The quantitative estimate of drug-likeness (QED) is 0.804. The van der Waals surface area contributed by atoms with Crippen LogP contribution in [0, 0.1) is 0 Å². The number of benzene rings is 1. The molecule has 2 rings (SSSR count). The van der Waals surface area contributed by atoms with Crippen LogP contribution in [0.2, 0.25) is 5.02 Å². The first kappa shape index (κ1) is 13.3. The van der Waals surface area contributed by atoms with Gasteiger partial charge in [-0.1, -0.05) is 38.4 Å². The summed E-state index contributed by atoms with van der Waals surface area (Å²) in [6.07, 6.45) is 0. The first-order chi connectivity index (χ1) is 8.41. The van der Waals surface area contributed by atoms with E-state index >= 15 is 0 Å². The van der Waals surface area contributed by atoms with Gasteiger partial charge in [0.05, 0.1) is 22.8 Å². The molecule has 1 aromatic carbocycles. The molecule has 96 valence electrons. The maximum atomic E-state index is 6.32. The van der Waals surface area contributed by atoms with Gasteiger partial charge in [0.15, 0.2) is 0 Å². The Morgan fingerprint density at radius 2 is 1.94 bits per heavy atom. The molecule has 0 N–H and O–H groups in total. The van der Waals surface area contributed by atoms with Crippen LogP contribution in [0.15, 0.2) is 24.3 Å². The fraction of sp³-hybridized carbons (Fsp3) is 0.400. The summed E-state index contributed by atoms with van der Waals surface area (Å²) in [6, 6.07) is 8.14. The van der Waals surface area contributed by atoms with Crippen LogP contribution in [-0.2, 0) is 16.8 Å². The third kappa shape index (κ3) is 2.65. The Kier molecular flexibility index (Phi) is 3.60. The predicted molar refractivity (Wildman–Crippen MR) is 76.2 cm³/mol. The van der Waals surface area contributed by atoms with Crippen LogP contribution in [-0.4, -0.2) is 12.1 Å². The molecule has 3 heteroatoms. The van der Waals surface area contributed by atoms with Crippen LogP contribution in [0.3, 0.4) is 0 Å². The molecule has 0 atom stereocenters. The summed E-state index contributed by atoms with van der Waals surface area (Å²) in [4.78, 5) is 4.54. The third-order valence-electron chi connectivity index (χ3n) is 2.97. The monoisotopic (exact) mass is 263 g/mol. The van der Waals surface area contributed by atoms with Gasteiger partial charge < -0.3 is 4.74 Å². The topological polar surface area (TPSA) is 22.1 Å². The highest BCUT2D eigenvalue weighted by atomic mass is 35.5. The molecular weight excluding hydrogens is 246 g/mol. The zero-order valence-corrected chi connectivity index (χ0v) is 12.0. The molecule has 0 aliphatic rings. The first-order valence-electron chi connectivity index (χ1n) is 6.00. The van der Waals surface area contributed by atoms with Gasteiger partial charge >= 0.3 is 0 Å². The van der Waals surface area contributed by atoms with E-state index in [0.29, 0.717) is 6.61 Å². The number of nitrogens with zero attached hydrogens (tertiary/aromatic N) is 1. The molecule has 2 nitrogen and oxygen atoms in total. The smallest absolute Gasteiger partial charge is 0.0884 e. The van der Waals surface area contributed by atoms with Crippen molar-refractivity contribution in [2.24, 2.45) is 0 Å². The molecule has 2 aromatic rings. The van der Waals surface area contributed by atoms with E-state index in [4.69, 9.17) is 16.3 Å². The molecule has 0 saturated heterocycles. The average Bonchev–Trinajstić information content (AvgIpc) is 2.27. The lowest BCUT2D eigenvalue weighted by Gasteiger charge is -2.19. The number of ether oxygens (including phenoxy) is 1. The molecule has 0 unspecified atom stereocenters. The fourth-order valence-electron chi connectivity index (χ4n) is 1.92. The molecule has 0 aliphatic heterocycles. The number of hydrogen-bond donors (Lipinski definition) is 0. The minimum Gasteiger partial charge on any atom is -0.378 e. The standard InChI is InChI=1S/C15H18ClNO/c1-15(2,3)10-5-6-14-12(7-10)13(16)8-11(17-14)9-18-4/h5-8H,9H2,1-4H3. The van der Waals surface area contributed by atoms with E-state index in [1.807, 2.05) is 12.1 Å². The summed E-state index contributed by atoms with van der Waals surface area (Å²) < 4.78 is 5.09. The van der Waals surface area contributed by atoms with E-state index < -0.39 is 0 Å². The largest absolute Gasteiger partial charge is 0.378 e. The van der Waals surface area contributed by atoms with Gasteiger partial charge in [-0.25, -0.2) is 0 Å². The molecule has 0 aliphatic carbocycles. The predicted octanol–water partition coefficient (Wildman–Crippen LogP) is 4.33. The highest BCUT2D eigenvalue weighted by Crippen LogP contribution is 2.29. The highest BCUT2D eigenvalue weighted by Gasteiger charge is 2.15. The number of aromatic nitrogens is 1. The van der Waals surface area contributed by atoms with Gasteiger partial charge in [-0.15, -0.1) is 0 Å². The second kappa shape index (κ2) is 4.87. The zero-order valence-electron chi connectivity index (χ0n) is 11.2. The van der Waals surface area contributed by atoms with Crippen LogP contribution >= 0.6 is 11.6 Å². The van der Waals surface area contributed by atoms with Crippen LogP contribution < -0.4 is 0 Å². The Hall–Kier alpha value is -1.12. The minimum atomic E-state index is 0.114. The number of rotatable bonds is 2. The lowest BCUT2D eigenvalue weighted by Crippen LogP contribution is -2.10. The summed E-state index contributed by atoms with van der Waals surface area (Å²) in [5, 5.41) is 1.74. The van der Waals surface area contributed by atoms with E-state index in [2.05, 4.69) is 37.9 Å². The van der Waals surface area contributed by atoms with Crippen LogP contribution in [0.25, 0.3) is 10.9 Å². The van der Waals surface area contributed by atoms with E-state index in [0.717, 1.165) is 21.6 Å². The Balaban J connectivity index is 2.58. The average molecular weight is 264 g/mol. The molecule has 0 saturated carbocycles. The van der Waals surface area contributed by atoms with E-state index in [1.165, 1.54) is 5.56 Å². The number of methoxy groups -OCH3 is 1. The fourth-order valence-corrected chi connectivity index (χ4v) is 2.20. The van der Waals surface area contributed by atoms with E-state index in [-0.39, 0.29) is 5.41 Å². The van der Waals surface area contributed by atoms with Crippen LogP contribution in [0.1, 0.15) is 32.0 Å². The minimum absolute atomic E-state index is 0.114. The summed E-state index contributed by atoms with van der Waals surface area (Å²) in [5.41, 5.74) is 3.15. The van der Waals surface area contributed by atoms with E-state index in [1.54, 1.807) is 7.11 Å². The van der Waals surface area contributed by atoms with Crippen LogP contribution in [0.4, 0.5) is 0 Å². The van der Waals surface area contributed by atoms with Crippen molar-refractivity contribution >= 4 is 22.5 Å². The van der Waals surface area contributed by atoms with E-state index in [9.17, 15) is 0 Å².